The SMILES string of the molecule is Cn1cc(-c2ncccc2CNC(=O)c2cc(-c3ccccc3)on2)cn1. The summed E-state index contributed by atoms with van der Waals surface area (Å²) < 4.78 is 7.00. The Labute approximate surface area is 155 Å². The summed E-state index contributed by atoms with van der Waals surface area (Å²) in [4.78, 5) is 16.9. The lowest BCUT2D eigenvalue weighted by molar-refractivity contribution is 0.0942. The predicted octanol–water partition coefficient (Wildman–Crippen LogP) is 3.07. The van der Waals surface area contributed by atoms with Crippen LogP contribution >= 0.6 is 0 Å². The number of hydrogen-bond donors (Lipinski definition) is 1. The van der Waals surface area contributed by atoms with Crippen molar-refractivity contribution in [2.75, 3.05) is 0 Å². The number of pyridine rings is 1. The molecule has 1 aromatic carbocycles. The van der Waals surface area contributed by atoms with Crippen molar-refractivity contribution in [3.05, 3.63) is 78.4 Å². The van der Waals surface area contributed by atoms with Crippen LogP contribution in [0, 0.1) is 0 Å². The molecule has 0 bridgehead atoms. The van der Waals surface area contributed by atoms with Crippen molar-refractivity contribution in [3.8, 4) is 22.6 Å². The molecule has 0 fully saturated rings. The molecule has 7 nitrogen and oxygen atoms in total. The summed E-state index contributed by atoms with van der Waals surface area (Å²) >= 11 is 0. The minimum Gasteiger partial charge on any atom is -0.355 e. The van der Waals surface area contributed by atoms with E-state index in [1.165, 1.54) is 0 Å². The quantitative estimate of drug-likeness (QED) is 0.592. The minimum absolute atomic E-state index is 0.237. The van der Waals surface area contributed by atoms with Crippen LogP contribution in [0.3, 0.4) is 0 Å². The van der Waals surface area contributed by atoms with Crippen LogP contribution in [0.15, 0.2) is 71.6 Å². The average molecular weight is 359 g/mol. The molecule has 0 aliphatic rings. The molecule has 7 heteroatoms. The highest BCUT2D eigenvalue weighted by molar-refractivity contribution is 5.93. The van der Waals surface area contributed by atoms with Crippen molar-refractivity contribution in [3.63, 3.8) is 0 Å². The zero-order valence-corrected chi connectivity index (χ0v) is 14.7. The standard InChI is InChI=1S/C20H17N5O2/c1-25-13-16(12-23-25)19-15(8-5-9-21-19)11-22-20(26)17-10-18(27-24-17)14-6-3-2-4-7-14/h2-10,12-13H,11H2,1H3,(H,22,26). The van der Waals surface area contributed by atoms with Crippen LogP contribution in [0.2, 0.25) is 0 Å². The van der Waals surface area contributed by atoms with Gasteiger partial charge in [0.15, 0.2) is 11.5 Å². The van der Waals surface area contributed by atoms with E-state index in [1.54, 1.807) is 23.1 Å². The van der Waals surface area contributed by atoms with Gasteiger partial charge in [-0.2, -0.15) is 5.10 Å². The molecule has 0 saturated heterocycles. The molecule has 1 N–H and O–H groups in total. The lowest BCUT2D eigenvalue weighted by Crippen LogP contribution is -2.23. The molecule has 134 valence electrons. The number of hydrogen-bond acceptors (Lipinski definition) is 5. The summed E-state index contributed by atoms with van der Waals surface area (Å²) in [5, 5.41) is 10.9. The number of amides is 1. The number of carbonyl (C=O) groups is 1. The van der Waals surface area contributed by atoms with Crippen LogP contribution in [0.5, 0.6) is 0 Å². The highest BCUT2D eigenvalue weighted by Crippen LogP contribution is 2.21. The number of benzene rings is 1. The third-order valence-electron chi connectivity index (χ3n) is 4.11. The summed E-state index contributed by atoms with van der Waals surface area (Å²) in [6.07, 6.45) is 5.35. The molecule has 27 heavy (non-hydrogen) atoms. The maximum absolute atomic E-state index is 12.4. The van der Waals surface area contributed by atoms with Gasteiger partial charge in [0, 0.05) is 43.2 Å². The van der Waals surface area contributed by atoms with E-state index in [4.69, 9.17) is 4.52 Å². The molecule has 1 amide bonds. The van der Waals surface area contributed by atoms with E-state index in [1.807, 2.05) is 55.7 Å². The van der Waals surface area contributed by atoms with Crippen molar-refractivity contribution in [1.29, 1.82) is 0 Å². The Kier molecular flexibility index (Phi) is 4.49. The van der Waals surface area contributed by atoms with E-state index >= 15 is 0 Å². The Morgan fingerprint density at radius 2 is 2.00 bits per heavy atom. The van der Waals surface area contributed by atoms with Crippen LogP contribution in [0.1, 0.15) is 16.1 Å². The van der Waals surface area contributed by atoms with Gasteiger partial charge in [-0.25, -0.2) is 0 Å². The Morgan fingerprint density at radius 1 is 1.15 bits per heavy atom. The highest BCUT2D eigenvalue weighted by atomic mass is 16.5. The van der Waals surface area contributed by atoms with E-state index in [0.717, 1.165) is 22.4 Å². The summed E-state index contributed by atoms with van der Waals surface area (Å²) in [6.45, 7) is 0.324. The molecule has 3 aromatic heterocycles. The smallest absolute Gasteiger partial charge is 0.273 e. The Bertz CT molecular complexity index is 1070. The fourth-order valence-corrected chi connectivity index (χ4v) is 2.77. The Balaban J connectivity index is 1.48. The minimum atomic E-state index is -0.304. The van der Waals surface area contributed by atoms with Crippen molar-refractivity contribution in [1.82, 2.24) is 25.2 Å². The van der Waals surface area contributed by atoms with Crippen molar-refractivity contribution in [2.45, 2.75) is 6.54 Å². The van der Waals surface area contributed by atoms with Gasteiger partial charge in [-0.3, -0.25) is 14.5 Å². The summed E-state index contributed by atoms with van der Waals surface area (Å²) in [6, 6.07) is 14.9. The van der Waals surface area contributed by atoms with Crippen molar-refractivity contribution < 1.29 is 9.32 Å². The van der Waals surface area contributed by atoms with E-state index in [9.17, 15) is 4.79 Å². The maximum atomic E-state index is 12.4. The van der Waals surface area contributed by atoms with E-state index in [0.29, 0.717) is 12.3 Å². The summed E-state index contributed by atoms with van der Waals surface area (Å²) in [7, 11) is 1.85. The Hall–Kier alpha value is -3.74. The van der Waals surface area contributed by atoms with E-state index in [-0.39, 0.29) is 11.6 Å². The van der Waals surface area contributed by atoms with E-state index in [2.05, 4.69) is 20.6 Å². The average Bonchev–Trinajstić information content (AvgIpc) is 3.36. The second kappa shape index (κ2) is 7.25. The lowest BCUT2D eigenvalue weighted by Gasteiger charge is -2.07. The molecule has 0 aliphatic heterocycles. The second-order valence-corrected chi connectivity index (χ2v) is 6.04. The molecular formula is C20H17N5O2. The van der Waals surface area contributed by atoms with Crippen molar-refractivity contribution >= 4 is 5.91 Å². The van der Waals surface area contributed by atoms with Gasteiger partial charge in [-0.05, 0) is 11.6 Å². The van der Waals surface area contributed by atoms with Gasteiger partial charge < -0.3 is 9.84 Å². The predicted molar refractivity (Wildman–Crippen MR) is 99.5 cm³/mol. The van der Waals surface area contributed by atoms with Crippen LogP contribution in [0.4, 0.5) is 0 Å². The second-order valence-electron chi connectivity index (χ2n) is 6.04. The zero-order chi connectivity index (χ0) is 18.6. The molecule has 4 aromatic rings. The Morgan fingerprint density at radius 3 is 2.78 bits per heavy atom. The first-order chi connectivity index (χ1) is 13.2. The van der Waals surface area contributed by atoms with Crippen LogP contribution in [0.25, 0.3) is 22.6 Å². The molecule has 0 radical (unpaired) electrons. The van der Waals surface area contributed by atoms with Crippen LogP contribution in [-0.2, 0) is 13.6 Å². The third-order valence-corrected chi connectivity index (χ3v) is 4.11. The normalized spacial score (nSPS) is 10.7. The number of aryl methyl sites for hydroxylation is 1. The number of nitrogens with one attached hydrogen (secondary N) is 1. The van der Waals surface area contributed by atoms with Gasteiger partial charge in [0.25, 0.3) is 5.91 Å². The molecule has 4 rings (SSSR count). The van der Waals surface area contributed by atoms with Gasteiger partial charge in [0.2, 0.25) is 0 Å². The first-order valence-electron chi connectivity index (χ1n) is 8.44. The zero-order valence-electron chi connectivity index (χ0n) is 14.7. The lowest BCUT2D eigenvalue weighted by atomic mass is 10.1. The number of rotatable bonds is 5. The molecule has 0 spiro atoms. The number of nitrogens with zero attached hydrogens (tertiary/aromatic N) is 4. The maximum Gasteiger partial charge on any atom is 0.273 e. The van der Waals surface area contributed by atoms with Crippen LogP contribution in [-0.4, -0.2) is 25.8 Å². The fraction of sp³-hybridized carbons (Fsp3) is 0.100. The molecule has 3 heterocycles. The number of carbonyl (C=O) groups excluding carboxylic acids is 1. The van der Waals surface area contributed by atoms with Crippen molar-refractivity contribution in [2.24, 2.45) is 7.05 Å². The molecule has 0 unspecified atom stereocenters. The molecular weight excluding hydrogens is 342 g/mol. The fourth-order valence-electron chi connectivity index (χ4n) is 2.77. The van der Waals surface area contributed by atoms with Gasteiger partial charge in [0.05, 0.1) is 11.9 Å². The highest BCUT2D eigenvalue weighted by Gasteiger charge is 2.15. The molecule has 0 atom stereocenters. The van der Waals surface area contributed by atoms with Crippen LogP contribution < -0.4 is 5.32 Å². The monoisotopic (exact) mass is 359 g/mol. The summed E-state index contributed by atoms with van der Waals surface area (Å²) in [5.74, 6) is 0.250. The summed E-state index contributed by atoms with van der Waals surface area (Å²) in [5.41, 5.74) is 3.69. The third kappa shape index (κ3) is 3.62. The molecule has 0 saturated carbocycles. The van der Waals surface area contributed by atoms with Gasteiger partial charge >= 0.3 is 0 Å². The first kappa shape index (κ1) is 16.7. The van der Waals surface area contributed by atoms with Gasteiger partial charge in [-0.1, -0.05) is 41.6 Å². The largest absolute Gasteiger partial charge is 0.355 e. The van der Waals surface area contributed by atoms with E-state index < -0.39 is 0 Å². The topological polar surface area (TPSA) is 85.8 Å². The first-order valence-corrected chi connectivity index (χ1v) is 8.44. The van der Waals surface area contributed by atoms with Gasteiger partial charge in [0.1, 0.15) is 0 Å². The van der Waals surface area contributed by atoms with Gasteiger partial charge in [-0.15, -0.1) is 0 Å². The molecule has 0 aliphatic carbocycles. The number of aromatic nitrogens is 4.